The Labute approximate surface area is 104 Å². The molecule has 0 radical (unpaired) electrons. The van der Waals surface area contributed by atoms with E-state index in [-0.39, 0.29) is 12.5 Å². The standard InChI is InChI=1S/C12H14N2O4/c15-11(8-18-9-3-1-5-13-7-9)14-6-2-4-10(14)12(16)17/h1,3,5,7,10H,2,4,6,8H2,(H,16,17)/t10-/m1/s1. The van der Waals surface area contributed by atoms with Gasteiger partial charge in [-0.15, -0.1) is 0 Å². The largest absolute Gasteiger partial charge is 0.482 e. The highest BCUT2D eigenvalue weighted by atomic mass is 16.5. The predicted octanol–water partition coefficient (Wildman–Crippen LogP) is 0.536. The van der Waals surface area contributed by atoms with Crippen LogP contribution in [0.2, 0.25) is 0 Å². The molecule has 2 heterocycles. The van der Waals surface area contributed by atoms with E-state index in [1.807, 2.05) is 0 Å². The van der Waals surface area contributed by atoms with Gasteiger partial charge in [0.1, 0.15) is 11.8 Å². The van der Waals surface area contributed by atoms with Crippen LogP contribution in [0.5, 0.6) is 5.75 Å². The number of nitrogens with zero attached hydrogens (tertiary/aromatic N) is 2. The molecule has 18 heavy (non-hydrogen) atoms. The van der Waals surface area contributed by atoms with Crippen molar-refractivity contribution in [1.29, 1.82) is 0 Å². The van der Waals surface area contributed by atoms with Crippen molar-refractivity contribution in [2.24, 2.45) is 0 Å². The highest BCUT2D eigenvalue weighted by Crippen LogP contribution is 2.17. The summed E-state index contributed by atoms with van der Waals surface area (Å²) in [4.78, 5) is 28.0. The minimum absolute atomic E-state index is 0.157. The minimum Gasteiger partial charge on any atom is -0.482 e. The topological polar surface area (TPSA) is 79.7 Å². The fourth-order valence-corrected chi connectivity index (χ4v) is 1.98. The zero-order valence-electron chi connectivity index (χ0n) is 9.78. The first-order valence-electron chi connectivity index (χ1n) is 5.73. The molecule has 1 aromatic heterocycles. The average molecular weight is 250 g/mol. The summed E-state index contributed by atoms with van der Waals surface area (Å²) >= 11 is 0. The summed E-state index contributed by atoms with van der Waals surface area (Å²) in [5.74, 6) is -0.761. The van der Waals surface area contributed by atoms with Gasteiger partial charge in [-0.2, -0.15) is 0 Å². The van der Waals surface area contributed by atoms with E-state index >= 15 is 0 Å². The molecule has 1 saturated heterocycles. The Bertz CT molecular complexity index is 435. The monoisotopic (exact) mass is 250 g/mol. The third-order valence-corrected chi connectivity index (χ3v) is 2.85. The normalized spacial score (nSPS) is 18.7. The van der Waals surface area contributed by atoms with Crippen molar-refractivity contribution < 1.29 is 19.4 Å². The summed E-state index contributed by atoms with van der Waals surface area (Å²) in [6.07, 6.45) is 4.34. The SMILES string of the molecule is O=C(O)[C@H]1CCCN1C(=O)COc1cccnc1. The minimum atomic E-state index is -0.956. The van der Waals surface area contributed by atoms with E-state index in [9.17, 15) is 9.59 Å². The molecule has 1 N–H and O–H groups in total. The van der Waals surface area contributed by atoms with Gasteiger partial charge in [0.2, 0.25) is 0 Å². The first-order valence-corrected chi connectivity index (χ1v) is 5.73. The zero-order chi connectivity index (χ0) is 13.0. The first-order chi connectivity index (χ1) is 8.68. The number of pyridine rings is 1. The second-order valence-corrected chi connectivity index (χ2v) is 4.06. The number of carbonyl (C=O) groups excluding carboxylic acids is 1. The van der Waals surface area contributed by atoms with E-state index in [4.69, 9.17) is 9.84 Å². The molecule has 6 nitrogen and oxygen atoms in total. The highest BCUT2D eigenvalue weighted by molar-refractivity contribution is 5.85. The molecule has 0 saturated carbocycles. The number of aliphatic carboxylic acids is 1. The van der Waals surface area contributed by atoms with Gasteiger partial charge in [0.15, 0.2) is 6.61 Å². The van der Waals surface area contributed by atoms with Crippen LogP contribution in [0.1, 0.15) is 12.8 Å². The second kappa shape index (κ2) is 5.48. The molecule has 1 atom stereocenters. The molecule has 6 heteroatoms. The number of aromatic nitrogens is 1. The maximum atomic E-state index is 11.9. The van der Waals surface area contributed by atoms with Crippen molar-refractivity contribution in [2.45, 2.75) is 18.9 Å². The maximum absolute atomic E-state index is 11.9. The number of hydrogen-bond acceptors (Lipinski definition) is 4. The molecular formula is C12H14N2O4. The van der Waals surface area contributed by atoms with Crippen LogP contribution in [0, 0.1) is 0 Å². The van der Waals surface area contributed by atoms with E-state index in [1.165, 1.54) is 11.1 Å². The van der Waals surface area contributed by atoms with Crippen LogP contribution in [0.4, 0.5) is 0 Å². The third kappa shape index (κ3) is 2.77. The maximum Gasteiger partial charge on any atom is 0.326 e. The average Bonchev–Trinajstić information content (AvgIpc) is 2.86. The van der Waals surface area contributed by atoms with Crippen molar-refractivity contribution >= 4 is 11.9 Å². The van der Waals surface area contributed by atoms with E-state index < -0.39 is 12.0 Å². The third-order valence-electron chi connectivity index (χ3n) is 2.85. The van der Waals surface area contributed by atoms with E-state index in [2.05, 4.69) is 4.98 Å². The van der Waals surface area contributed by atoms with Crippen molar-refractivity contribution in [3.8, 4) is 5.75 Å². The van der Waals surface area contributed by atoms with Crippen LogP contribution >= 0.6 is 0 Å². The number of amides is 1. The molecule has 96 valence electrons. The molecule has 1 aliphatic heterocycles. The summed E-state index contributed by atoms with van der Waals surface area (Å²) < 4.78 is 5.26. The molecule has 0 spiro atoms. The highest BCUT2D eigenvalue weighted by Gasteiger charge is 2.33. The number of rotatable bonds is 4. The Balaban J connectivity index is 1.90. The molecule has 1 fully saturated rings. The quantitative estimate of drug-likeness (QED) is 0.843. The Morgan fingerprint density at radius 2 is 2.39 bits per heavy atom. The number of carbonyl (C=O) groups is 2. The van der Waals surface area contributed by atoms with Gasteiger partial charge < -0.3 is 14.7 Å². The van der Waals surface area contributed by atoms with Crippen LogP contribution in [0.3, 0.4) is 0 Å². The smallest absolute Gasteiger partial charge is 0.326 e. The Hall–Kier alpha value is -2.11. The van der Waals surface area contributed by atoms with Crippen LogP contribution in [0.25, 0.3) is 0 Å². The molecule has 0 aliphatic carbocycles. The first kappa shape index (κ1) is 12.3. The summed E-state index contributed by atoms with van der Waals surface area (Å²) in [6, 6.07) is 2.68. The molecule has 2 rings (SSSR count). The lowest BCUT2D eigenvalue weighted by Crippen LogP contribution is -2.42. The summed E-state index contributed by atoms with van der Waals surface area (Å²) in [5.41, 5.74) is 0. The van der Waals surface area contributed by atoms with Gasteiger partial charge in [0, 0.05) is 12.7 Å². The molecule has 0 unspecified atom stereocenters. The second-order valence-electron chi connectivity index (χ2n) is 4.06. The van der Waals surface area contributed by atoms with Crippen LogP contribution in [0.15, 0.2) is 24.5 Å². The summed E-state index contributed by atoms with van der Waals surface area (Å²) in [5, 5.41) is 8.97. The van der Waals surface area contributed by atoms with Gasteiger partial charge in [-0.3, -0.25) is 9.78 Å². The van der Waals surface area contributed by atoms with Gasteiger partial charge in [-0.25, -0.2) is 4.79 Å². The number of carboxylic acid groups (broad SMARTS) is 1. The Kier molecular flexibility index (Phi) is 3.76. The van der Waals surface area contributed by atoms with Gasteiger partial charge >= 0.3 is 5.97 Å². The van der Waals surface area contributed by atoms with Gasteiger partial charge in [-0.1, -0.05) is 0 Å². The number of carboxylic acids is 1. The van der Waals surface area contributed by atoms with Gasteiger partial charge in [-0.05, 0) is 25.0 Å². The zero-order valence-corrected chi connectivity index (χ0v) is 9.78. The van der Waals surface area contributed by atoms with Crippen molar-refractivity contribution in [3.63, 3.8) is 0 Å². The predicted molar refractivity (Wildman–Crippen MR) is 62.1 cm³/mol. The molecule has 0 aromatic carbocycles. The Morgan fingerprint density at radius 3 is 3.06 bits per heavy atom. The molecule has 1 aromatic rings. The van der Waals surface area contributed by atoms with Crippen LogP contribution in [-0.2, 0) is 9.59 Å². The van der Waals surface area contributed by atoms with Gasteiger partial charge in [0.05, 0.1) is 6.20 Å². The fourth-order valence-electron chi connectivity index (χ4n) is 1.98. The number of hydrogen-bond donors (Lipinski definition) is 1. The van der Waals surface area contributed by atoms with E-state index in [0.717, 1.165) is 6.42 Å². The molecular weight excluding hydrogens is 236 g/mol. The fraction of sp³-hybridized carbons (Fsp3) is 0.417. The lowest BCUT2D eigenvalue weighted by atomic mass is 10.2. The summed E-state index contributed by atoms with van der Waals surface area (Å²) in [7, 11) is 0. The number of ether oxygens (including phenoxy) is 1. The van der Waals surface area contributed by atoms with Crippen molar-refractivity contribution in [3.05, 3.63) is 24.5 Å². The van der Waals surface area contributed by atoms with Crippen molar-refractivity contribution in [2.75, 3.05) is 13.2 Å². The lowest BCUT2D eigenvalue weighted by molar-refractivity contribution is -0.148. The van der Waals surface area contributed by atoms with E-state index in [1.54, 1.807) is 18.3 Å². The van der Waals surface area contributed by atoms with Crippen LogP contribution < -0.4 is 4.74 Å². The van der Waals surface area contributed by atoms with Crippen molar-refractivity contribution in [1.82, 2.24) is 9.88 Å². The van der Waals surface area contributed by atoms with E-state index in [0.29, 0.717) is 18.7 Å². The van der Waals surface area contributed by atoms with Crippen LogP contribution in [-0.4, -0.2) is 46.1 Å². The molecule has 1 aliphatic rings. The molecule has 1 amide bonds. The number of likely N-dealkylation sites (tertiary alicyclic amines) is 1. The van der Waals surface area contributed by atoms with Gasteiger partial charge in [0.25, 0.3) is 5.91 Å². The lowest BCUT2D eigenvalue weighted by Gasteiger charge is -2.21. The Morgan fingerprint density at radius 1 is 1.56 bits per heavy atom. The molecule has 0 bridgehead atoms. The summed E-state index contributed by atoms with van der Waals surface area (Å²) in [6.45, 7) is 0.321.